The predicted molar refractivity (Wildman–Crippen MR) is 84.8 cm³/mol. The van der Waals surface area contributed by atoms with Crippen molar-refractivity contribution >= 4 is 22.7 Å². The van der Waals surface area contributed by atoms with Gasteiger partial charge in [0.2, 0.25) is 0 Å². The molecule has 0 aliphatic heterocycles. The van der Waals surface area contributed by atoms with E-state index in [9.17, 15) is 4.55 Å². The summed E-state index contributed by atoms with van der Waals surface area (Å²) >= 11 is 0.519. The number of nitrogens with zero attached hydrogens (tertiary/aromatic N) is 1. The van der Waals surface area contributed by atoms with Crippen molar-refractivity contribution in [1.82, 2.24) is 4.72 Å². The summed E-state index contributed by atoms with van der Waals surface area (Å²) in [6, 6.07) is 4.24. The Bertz CT molecular complexity index is 481. The van der Waals surface area contributed by atoms with Crippen molar-refractivity contribution in [1.29, 1.82) is 5.26 Å². The van der Waals surface area contributed by atoms with Gasteiger partial charge in [-0.15, -0.1) is 16.1 Å². The first-order valence-corrected chi connectivity index (χ1v) is 9.11. The summed E-state index contributed by atoms with van der Waals surface area (Å²) in [7, 11) is 0. The van der Waals surface area contributed by atoms with Crippen LogP contribution < -0.4 is 4.72 Å². The Kier molecular flexibility index (Phi) is 5.14. The van der Waals surface area contributed by atoms with E-state index in [2.05, 4.69) is 10.8 Å². The molecule has 2 rings (SSSR count). The highest BCUT2D eigenvalue weighted by Crippen LogP contribution is 2.39. The van der Waals surface area contributed by atoms with E-state index in [1.54, 1.807) is 11.3 Å². The van der Waals surface area contributed by atoms with Crippen LogP contribution in [-0.4, -0.2) is 9.30 Å². The highest BCUT2D eigenvalue weighted by atomic mass is 32.2. The van der Waals surface area contributed by atoms with E-state index in [1.165, 1.54) is 25.7 Å². The molecule has 0 saturated heterocycles. The molecule has 0 spiro atoms. The summed E-state index contributed by atoms with van der Waals surface area (Å²) in [5.74, 6) is 0.534. The maximum absolute atomic E-state index is 12.4. The maximum atomic E-state index is 12.4. The Hall–Kier alpha value is -0.540. The van der Waals surface area contributed by atoms with Gasteiger partial charge in [-0.2, -0.15) is 5.26 Å². The van der Waals surface area contributed by atoms with Gasteiger partial charge in [-0.25, -0.2) is 0 Å². The summed E-state index contributed by atoms with van der Waals surface area (Å²) < 4.78 is 15.5. The van der Waals surface area contributed by atoms with E-state index in [1.807, 2.05) is 32.2 Å². The van der Waals surface area contributed by atoms with E-state index in [-0.39, 0.29) is 10.8 Å². The van der Waals surface area contributed by atoms with Crippen LogP contribution in [0.3, 0.4) is 0 Å². The van der Waals surface area contributed by atoms with Crippen LogP contribution in [0.2, 0.25) is 0 Å². The minimum atomic E-state index is -1.08. The van der Waals surface area contributed by atoms with Gasteiger partial charge >= 0.3 is 0 Å². The van der Waals surface area contributed by atoms with Crippen LogP contribution in [0.1, 0.15) is 62.9 Å². The molecule has 3 nitrogen and oxygen atoms in total. The first-order valence-electron chi connectivity index (χ1n) is 7.08. The van der Waals surface area contributed by atoms with Crippen LogP contribution in [0.15, 0.2) is 11.4 Å². The third kappa shape index (κ3) is 3.76. The topological polar surface area (TPSA) is 58.9 Å². The van der Waals surface area contributed by atoms with Crippen molar-refractivity contribution in [3.63, 3.8) is 0 Å². The van der Waals surface area contributed by atoms with Crippen molar-refractivity contribution in [2.75, 3.05) is 0 Å². The zero-order valence-corrected chi connectivity index (χ0v) is 13.9. The number of hydrogen-bond acceptors (Lipinski definition) is 4. The van der Waals surface area contributed by atoms with Crippen LogP contribution in [-0.2, 0) is 11.4 Å². The van der Waals surface area contributed by atoms with Crippen LogP contribution in [0.25, 0.3) is 0 Å². The lowest BCUT2D eigenvalue weighted by molar-refractivity contribution is 0.410. The van der Waals surface area contributed by atoms with Gasteiger partial charge in [0.1, 0.15) is 10.8 Å². The van der Waals surface area contributed by atoms with Gasteiger partial charge in [-0.05, 0) is 45.6 Å². The Morgan fingerprint density at radius 3 is 2.60 bits per heavy atom. The quantitative estimate of drug-likeness (QED) is 0.858. The zero-order valence-electron chi connectivity index (χ0n) is 12.3. The van der Waals surface area contributed by atoms with Crippen molar-refractivity contribution < 1.29 is 4.55 Å². The van der Waals surface area contributed by atoms with E-state index in [0.717, 1.165) is 4.88 Å². The molecule has 1 aromatic rings. The molecular weight excluding hydrogens is 288 g/mol. The van der Waals surface area contributed by atoms with Crippen LogP contribution >= 0.6 is 11.3 Å². The third-order valence-corrected chi connectivity index (χ3v) is 6.31. The molecular formula is C15H22N2OS2. The second-order valence-electron chi connectivity index (χ2n) is 6.37. The monoisotopic (exact) mass is 310 g/mol. The Balaban J connectivity index is 2.18. The second kappa shape index (κ2) is 6.48. The Morgan fingerprint density at radius 1 is 1.45 bits per heavy atom. The number of nitriles is 1. The lowest BCUT2D eigenvalue weighted by atomic mass is 9.97. The van der Waals surface area contributed by atoms with Crippen molar-refractivity contribution in [3.8, 4) is 6.07 Å². The molecule has 1 aliphatic rings. The van der Waals surface area contributed by atoms with Crippen LogP contribution in [0, 0.1) is 17.2 Å². The third-order valence-electron chi connectivity index (χ3n) is 3.72. The molecule has 1 aliphatic carbocycles. The molecule has 1 aromatic heterocycles. The van der Waals surface area contributed by atoms with Crippen molar-refractivity contribution in [3.05, 3.63) is 21.9 Å². The highest BCUT2D eigenvalue weighted by molar-refractivity contribution is 7.90. The first-order chi connectivity index (χ1) is 9.41. The largest absolute Gasteiger partial charge is 0.598 e. The van der Waals surface area contributed by atoms with Crippen molar-refractivity contribution in [2.24, 2.45) is 5.92 Å². The summed E-state index contributed by atoms with van der Waals surface area (Å²) in [4.78, 5) is 1.14. The van der Waals surface area contributed by atoms with Gasteiger partial charge in [0.15, 0.2) is 0 Å². The number of nitrogens with one attached hydrogen (secondary N) is 1. The first kappa shape index (κ1) is 15.8. The highest BCUT2D eigenvalue weighted by Gasteiger charge is 2.35. The van der Waals surface area contributed by atoms with Gasteiger partial charge < -0.3 is 4.55 Å². The van der Waals surface area contributed by atoms with Gasteiger partial charge in [-0.1, -0.05) is 12.8 Å². The molecule has 1 saturated carbocycles. The number of hydrogen-bond donors (Lipinski definition) is 1. The van der Waals surface area contributed by atoms with E-state index in [0.29, 0.717) is 11.5 Å². The van der Waals surface area contributed by atoms with Gasteiger partial charge in [-0.3, -0.25) is 0 Å². The average molecular weight is 310 g/mol. The van der Waals surface area contributed by atoms with E-state index in [4.69, 9.17) is 5.26 Å². The number of rotatable bonds is 4. The minimum absolute atomic E-state index is 0.115. The summed E-state index contributed by atoms with van der Waals surface area (Å²) in [6.45, 7) is 5.95. The SMILES string of the molecule is CC(C)(C)[S+]([O-])N[C@@H](c1cc(C#N)cs1)C1CCCC1. The summed E-state index contributed by atoms with van der Waals surface area (Å²) in [5, 5.41) is 10.9. The standard InChI is InChI=1S/C15H22N2OS2/c1-15(2,3)20(18)17-14(12-6-4-5-7-12)13-8-11(9-16)10-19-13/h8,10,12,14,17H,4-7H2,1-3H3/t14-,20?/m1/s1. The molecule has 0 amide bonds. The van der Waals surface area contributed by atoms with Crippen LogP contribution in [0.5, 0.6) is 0 Å². The van der Waals surface area contributed by atoms with Crippen LogP contribution in [0.4, 0.5) is 0 Å². The second-order valence-corrected chi connectivity index (χ2v) is 9.31. The zero-order chi connectivity index (χ0) is 14.8. The normalized spacial score (nSPS) is 19.8. The fraction of sp³-hybridized carbons (Fsp3) is 0.667. The fourth-order valence-corrected chi connectivity index (χ4v) is 4.50. The summed E-state index contributed by atoms with van der Waals surface area (Å²) in [5.41, 5.74) is 0.705. The molecule has 110 valence electrons. The lowest BCUT2D eigenvalue weighted by Crippen LogP contribution is -2.42. The molecule has 0 radical (unpaired) electrons. The van der Waals surface area contributed by atoms with E-state index >= 15 is 0 Å². The molecule has 2 atom stereocenters. The molecule has 1 unspecified atom stereocenters. The maximum Gasteiger partial charge on any atom is 0.136 e. The smallest absolute Gasteiger partial charge is 0.136 e. The number of thiophene rings is 1. The molecule has 1 N–H and O–H groups in total. The minimum Gasteiger partial charge on any atom is -0.598 e. The van der Waals surface area contributed by atoms with E-state index < -0.39 is 11.4 Å². The van der Waals surface area contributed by atoms with Crippen molar-refractivity contribution in [2.45, 2.75) is 57.2 Å². The molecule has 1 fully saturated rings. The Labute approximate surface area is 128 Å². The summed E-state index contributed by atoms with van der Waals surface area (Å²) in [6.07, 6.45) is 4.86. The average Bonchev–Trinajstić information content (AvgIpc) is 3.05. The lowest BCUT2D eigenvalue weighted by Gasteiger charge is -2.30. The molecule has 0 aromatic carbocycles. The Morgan fingerprint density at radius 2 is 2.10 bits per heavy atom. The molecule has 20 heavy (non-hydrogen) atoms. The van der Waals surface area contributed by atoms with Gasteiger partial charge in [0.25, 0.3) is 0 Å². The predicted octanol–water partition coefficient (Wildman–Crippen LogP) is 3.90. The van der Waals surface area contributed by atoms with Gasteiger partial charge in [0, 0.05) is 21.6 Å². The van der Waals surface area contributed by atoms with Gasteiger partial charge in [0.05, 0.1) is 11.6 Å². The molecule has 0 bridgehead atoms. The molecule has 1 heterocycles. The fourth-order valence-electron chi connectivity index (χ4n) is 2.54. The molecule has 5 heteroatoms.